The van der Waals surface area contributed by atoms with Crippen molar-refractivity contribution in [2.24, 2.45) is 5.92 Å². The van der Waals surface area contributed by atoms with E-state index in [2.05, 4.69) is 31.0 Å². The highest BCUT2D eigenvalue weighted by Gasteiger charge is 2.27. The van der Waals surface area contributed by atoms with Crippen molar-refractivity contribution in [1.29, 1.82) is 0 Å². The van der Waals surface area contributed by atoms with Gasteiger partial charge in [0.15, 0.2) is 0 Å². The van der Waals surface area contributed by atoms with Crippen molar-refractivity contribution >= 4 is 0 Å². The van der Waals surface area contributed by atoms with Crippen LogP contribution in [0.1, 0.15) is 33.6 Å². The quantitative estimate of drug-likeness (QED) is 0.786. The predicted molar refractivity (Wildman–Crippen MR) is 66.6 cm³/mol. The van der Waals surface area contributed by atoms with E-state index in [4.69, 9.17) is 4.74 Å². The minimum atomic E-state index is 0.454. The summed E-state index contributed by atoms with van der Waals surface area (Å²) >= 11 is 0. The van der Waals surface area contributed by atoms with Gasteiger partial charge >= 0.3 is 0 Å². The fraction of sp³-hybridized carbons (Fsp3) is 1.00. The topological polar surface area (TPSA) is 24.5 Å². The van der Waals surface area contributed by atoms with E-state index in [1.807, 2.05) is 0 Å². The summed E-state index contributed by atoms with van der Waals surface area (Å²) in [4.78, 5) is 2.56. The Bertz CT molecular complexity index is 220. The zero-order chi connectivity index (χ0) is 11.5. The average Bonchev–Trinajstić information content (AvgIpc) is 2.83. The molecule has 16 heavy (non-hydrogen) atoms. The molecule has 0 amide bonds. The van der Waals surface area contributed by atoms with Gasteiger partial charge in [-0.3, -0.25) is 4.90 Å². The summed E-state index contributed by atoms with van der Waals surface area (Å²) in [5.74, 6) is 0.730. The van der Waals surface area contributed by atoms with Crippen LogP contribution >= 0.6 is 0 Å². The van der Waals surface area contributed by atoms with Gasteiger partial charge in [0.1, 0.15) is 0 Å². The van der Waals surface area contributed by atoms with Crippen molar-refractivity contribution in [3.05, 3.63) is 0 Å². The van der Waals surface area contributed by atoms with Gasteiger partial charge in [0.05, 0.1) is 6.10 Å². The first-order valence-electron chi connectivity index (χ1n) is 6.76. The zero-order valence-corrected chi connectivity index (χ0v) is 10.9. The van der Waals surface area contributed by atoms with Crippen LogP contribution in [0.15, 0.2) is 0 Å². The van der Waals surface area contributed by atoms with E-state index in [1.54, 1.807) is 0 Å². The number of hydrogen-bond donors (Lipinski definition) is 1. The Morgan fingerprint density at radius 1 is 1.38 bits per heavy atom. The molecule has 0 bridgehead atoms. The third-order valence-corrected chi connectivity index (χ3v) is 4.15. The van der Waals surface area contributed by atoms with Crippen molar-refractivity contribution < 1.29 is 4.74 Å². The summed E-state index contributed by atoms with van der Waals surface area (Å²) in [5, 5.41) is 3.72. The van der Waals surface area contributed by atoms with Crippen molar-refractivity contribution in [3.63, 3.8) is 0 Å². The lowest BCUT2D eigenvalue weighted by Crippen LogP contribution is -2.38. The summed E-state index contributed by atoms with van der Waals surface area (Å²) in [6, 6.07) is 1.40. The molecule has 2 fully saturated rings. The smallest absolute Gasteiger partial charge is 0.0588 e. The second kappa shape index (κ2) is 5.48. The molecule has 0 aromatic heterocycles. The molecule has 2 aliphatic heterocycles. The fourth-order valence-corrected chi connectivity index (χ4v) is 2.79. The van der Waals surface area contributed by atoms with Crippen LogP contribution in [0.2, 0.25) is 0 Å². The molecular weight excluding hydrogens is 200 g/mol. The molecule has 3 unspecified atom stereocenters. The lowest BCUT2D eigenvalue weighted by molar-refractivity contribution is 0.105. The van der Waals surface area contributed by atoms with Gasteiger partial charge in [-0.1, -0.05) is 0 Å². The Morgan fingerprint density at radius 2 is 2.19 bits per heavy atom. The van der Waals surface area contributed by atoms with E-state index in [-0.39, 0.29) is 0 Å². The maximum absolute atomic E-state index is 5.59. The molecule has 2 saturated heterocycles. The molecule has 0 aromatic rings. The highest BCUT2D eigenvalue weighted by atomic mass is 16.5. The van der Waals surface area contributed by atoms with Crippen molar-refractivity contribution in [3.8, 4) is 0 Å². The minimum Gasteiger partial charge on any atom is -0.378 e. The summed E-state index contributed by atoms with van der Waals surface area (Å²) < 4.78 is 5.59. The van der Waals surface area contributed by atoms with Crippen molar-refractivity contribution in [2.75, 3.05) is 26.2 Å². The standard InChI is InChI=1S/C13H26N2O/c1-10(2)15-6-4-13(9-15)14-8-12-5-7-16-11(12)3/h10-14H,4-9H2,1-3H3. The molecule has 2 aliphatic rings. The third kappa shape index (κ3) is 2.96. The Morgan fingerprint density at radius 3 is 2.75 bits per heavy atom. The number of rotatable bonds is 4. The Labute approximate surface area is 99.5 Å². The first-order chi connectivity index (χ1) is 7.66. The fourth-order valence-electron chi connectivity index (χ4n) is 2.79. The number of likely N-dealkylation sites (tertiary alicyclic amines) is 1. The van der Waals surface area contributed by atoms with Crippen LogP contribution in [0.25, 0.3) is 0 Å². The second-order valence-electron chi connectivity index (χ2n) is 5.61. The molecular formula is C13H26N2O. The van der Waals surface area contributed by atoms with Gasteiger partial charge in [0.2, 0.25) is 0 Å². The predicted octanol–water partition coefficient (Wildman–Crippen LogP) is 1.48. The van der Waals surface area contributed by atoms with E-state index in [0.717, 1.165) is 19.1 Å². The van der Waals surface area contributed by atoms with Crippen molar-refractivity contribution in [1.82, 2.24) is 10.2 Å². The molecule has 3 heteroatoms. The molecule has 0 spiro atoms. The zero-order valence-electron chi connectivity index (χ0n) is 10.9. The minimum absolute atomic E-state index is 0.454. The first-order valence-corrected chi connectivity index (χ1v) is 6.76. The normalized spacial score (nSPS) is 36.4. The maximum Gasteiger partial charge on any atom is 0.0588 e. The van der Waals surface area contributed by atoms with Gasteiger partial charge in [0, 0.05) is 31.8 Å². The third-order valence-electron chi connectivity index (χ3n) is 4.15. The van der Waals surface area contributed by atoms with E-state index < -0.39 is 0 Å². The Kier molecular flexibility index (Phi) is 4.22. The van der Waals surface area contributed by atoms with Gasteiger partial charge in [-0.25, -0.2) is 0 Å². The van der Waals surface area contributed by atoms with E-state index >= 15 is 0 Å². The number of hydrogen-bond acceptors (Lipinski definition) is 3. The van der Waals surface area contributed by atoms with Crippen LogP contribution in [-0.2, 0) is 4.74 Å². The molecule has 94 valence electrons. The van der Waals surface area contributed by atoms with Gasteiger partial charge < -0.3 is 10.1 Å². The Balaban J connectivity index is 1.67. The van der Waals surface area contributed by atoms with Crippen LogP contribution in [0, 0.1) is 5.92 Å². The molecule has 0 radical (unpaired) electrons. The van der Waals surface area contributed by atoms with Gasteiger partial charge in [-0.15, -0.1) is 0 Å². The first kappa shape index (κ1) is 12.3. The summed E-state index contributed by atoms with van der Waals surface area (Å²) in [5.41, 5.74) is 0. The summed E-state index contributed by atoms with van der Waals surface area (Å²) in [6.07, 6.45) is 2.99. The van der Waals surface area contributed by atoms with Crippen molar-refractivity contribution in [2.45, 2.75) is 51.8 Å². The van der Waals surface area contributed by atoms with Crippen LogP contribution in [-0.4, -0.2) is 49.3 Å². The molecule has 0 aromatic carbocycles. The maximum atomic E-state index is 5.59. The van der Waals surface area contributed by atoms with Crippen LogP contribution < -0.4 is 5.32 Å². The van der Waals surface area contributed by atoms with E-state index in [1.165, 1.54) is 25.9 Å². The largest absolute Gasteiger partial charge is 0.378 e. The van der Waals surface area contributed by atoms with Crippen LogP contribution in [0.3, 0.4) is 0 Å². The number of ether oxygens (including phenoxy) is 1. The van der Waals surface area contributed by atoms with Gasteiger partial charge in [-0.2, -0.15) is 0 Å². The SMILES string of the molecule is CC1OCCC1CNC1CCN(C(C)C)C1. The molecule has 2 rings (SSSR count). The lowest BCUT2D eigenvalue weighted by Gasteiger charge is -2.22. The number of nitrogens with zero attached hydrogens (tertiary/aromatic N) is 1. The summed E-state index contributed by atoms with van der Waals surface area (Å²) in [7, 11) is 0. The molecule has 0 aliphatic carbocycles. The summed E-state index contributed by atoms with van der Waals surface area (Å²) in [6.45, 7) is 11.3. The monoisotopic (exact) mass is 226 g/mol. The van der Waals surface area contributed by atoms with Gasteiger partial charge in [-0.05, 0) is 46.1 Å². The van der Waals surface area contributed by atoms with Gasteiger partial charge in [0.25, 0.3) is 0 Å². The molecule has 2 heterocycles. The van der Waals surface area contributed by atoms with E-state index in [0.29, 0.717) is 18.2 Å². The highest BCUT2D eigenvalue weighted by molar-refractivity contribution is 4.84. The average molecular weight is 226 g/mol. The lowest BCUT2D eigenvalue weighted by atomic mass is 10.0. The molecule has 3 atom stereocenters. The van der Waals surface area contributed by atoms with Crippen LogP contribution in [0.4, 0.5) is 0 Å². The molecule has 3 nitrogen and oxygen atoms in total. The Hall–Kier alpha value is -0.120. The molecule has 0 saturated carbocycles. The van der Waals surface area contributed by atoms with Crippen LogP contribution in [0.5, 0.6) is 0 Å². The molecule has 1 N–H and O–H groups in total. The van der Waals surface area contributed by atoms with E-state index in [9.17, 15) is 0 Å². The highest BCUT2D eigenvalue weighted by Crippen LogP contribution is 2.20. The second-order valence-corrected chi connectivity index (χ2v) is 5.61. The number of nitrogens with one attached hydrogen (secondary N) is 1.